The second-order valence-electron chi connectivity index (χ2n) is 4.22. The number of aromatic hydroxyl groups is 2. The first kappa shape index (κ1) is 10.1. The maximum absolute atomic E-state index is 13.2. The molecular formula is C14H11FO2. The molecule has 2 N–H and O–H groups in total. The summed E-state index contributed by atoms with van der Waals surface area (Å²) >= 11 is 0. The third-order valence-corrected chi connectivity index (χ3v) is 3.24. The van der Waals surface area contributed by atoms with Gasteiger partial charge in [-0.05, 0) is 31.0 Å². The zero-order chi connectivity index (χ0) is 12.0. The number of benzene rings is 2. The van der Waals surface area contributed by atoms with Crippen LogP contribution in [0.15, 0.2) is 30.4 Å². The summed E-state index contributed by atoms with van der Waals surface area (Å²) in [5.41, 5.74) is 1.44. The zero-order valence-corrected chi connectivity index (χ0v) is 9.07. The predicted molar refractivity (Wildman–Crippen MR) is 63.8 cm³/mol. The minimum atomic E-state index is -0.418. The van der Waals surface area contributed by atoms with Gasteiger partial charge in [-0.1, -0.05) is 12.2 Å². The molecule has 3 rings (SSSR count). The maximum Gasteiger partial charge on any atom is 0.127 e. The molecule has 3 heteroatoms. The summed E-state index contributed by atoms with van der Waals surface area (Å²) in [4.78, 5) is 0. The third-order valence-electron chi connectivity index (χ3n) is 3.24. The van der Waals surface area contributed by atoms with Gasteiger partial charge in [0.05, 0.1) is 0 Å². The van der Waals surface area contributed by atoms with Gasteiger partial charge < -0.3 is 10.2 Å². The quantitative estimate of drug-likeness (QED) is 0.539. The highest BCUT2D eigenvalue weighted by Crippen LogP contribution is 2.41. The Morgan fingerprint density at radius 3 is 2.12 bits per heavy atom. The smallest absolute Gasteiger partial charge is 0.127 e. The average molecular weight is 230 g/mol. The SMILES string of the molecule is Oc1c2c(c(O)c3cc(F)ccc13)CC=CC2. The molecule has 2 aromatic rings. The first-order chi connectivity index (χ1) is 8.18. The predicted octanol–water partition coefficient (Wildman–Crippen LogP) is 3.04. The van der Waals surface area contributed by atoms with Gasteiger partial charge >= 0.3 is 0 Å². The fourth-order valence-electron chi connectivity index (χ4n) is 2.37. The fourth-order valence-corrected chi connectivity index (χ4v) is 2.37. The maximum atomic E-state index is 13.2. The summed E-state index contributed by atoms with van der Waals surface area (Å²) < 4.78 is 13.2. The Morgan fingerprint density at radius 1 is 0.882 bits per heavy atom. The van der Waals surface area contributed by atoms with Crippen LogP contribution in [0.25, 0.3) is 10.8 Å². The molecule has 0 spiro atoms. The highest BCUT2D eigenvalue weighted by atomic mass is 19.1. The molecule has 0 fully saturated rings. The number of phenols is 2. The summed E-state index contributed by atoms with van der Waals surface area (Å²) in [5, 5.41) is 21.1. The molecular weight excluding hydrogens is 219 g/mol. The molecule has 1 aliphatic rings. The minimum absolute atomic E-state index is 0.0802. The van der Waals surface area contributed by atoms with Crippen LogP contribution < -0.4 is 0 Å². The van der Waals surface area contributed by atoms with Gasteiger partial charge in [0.1, 0.15) is 17.3 Å². The standard InChI is InChI=1S/C14H11FO2/c15-8-5-6-11-12(7-8)14(17)10-4-2-1-3-9(10)13(11)16/h1-2,5-7,16-17H,3-4H2. The lowest BCUT2D eigenvalue weighted by Gasteiger charge is -2.17. The Hall–Kier alpha value is -2.03. The van der Waals surface area contributed by atoms with Gasteiger partial charge in [-0.3, -0.25) is 0 Å². The Balaban J connectivity index is 2.45. The van der Waals surface area contributed by atoms with Crippen LogP contribution in [0.2, 0.25) is 0 Å². The fraction of sp³-hybridized carbons (Fsp3) is 0.143. The number of rotatable bonds is 0. The summed E-state index contributed by atoms with van der Waals surface area (Å²) in [6, 6.07) is 4.04. The van der Waals surface area contributed by atoms with Crippen LogP contribution in [0.4, 0.5) is 4.39 Å². The molecule has 0 unspecified atom stereocenters. The van der Waals surface area contributed by atoms with Crippen LogP contribution >= 0.6 is 0 Å². The Kier molecular flexibility index (Phi) is 2.08. The molecule has 0 atom stereocenters. The molecule has 0 aliphatic heterocycles. The van der Waals surface area contributed by atoms with Crippen LogP contribution in [0, 0.1) is 5.82 Å². The molecule has 17 heavy (non-hydrogen) atoms. The van der Waals surface area contributed by atoms with Gasteiger partial charge in [0.15, 0.2) is 0 Å². The summed E-state index contributed by atoms with van der Waals surface area (Å²) in [6.07, 6.45) is 5.06. The van der Waals surface area contributed by atoms with Crippen LogP contribution in [0.5, 0.6) is 11.5 Å². The average Bonchev–Trinajstić information content (AvgIpc) is 2.36. The van der Waals surface area contributed by atoms with Gasteiger partial charge in [-0.2, -0.15) is 0 Å². The van der Waals surface area contributed by atoms with E-state index in [9.17, 15) is 14.6 Å². The van der Waals surface area contributed by atoms with Gasteiger partial charge in [-0.15, -0.1) is 0 Å². The molecule has 0 aromatic heterocycles. The van der Waals surface area contributed by atoms with E-state index in [0.29, 0.717) is 29.2 Å². The van der Waals surface area contributed by atoms with Crippen LogP contribution in [-0.4, -0.2) is 10.2 Å². The van der Waals surface area contributed by atoms with Crippen molar-refractivity contribution in [3.05, 3.63) is 47.3 Å². The van der Waals surface area contributed by atoms with E-state index in [2.05, 4.69) is 0 Å². The van der Waals surface area contributed by atoms with Crippen molar-refractivity contribution in [2.24, 2.45) is 0 Å². The van der Waals surface area contributed by atoms with Crippen molar-refractivity contribution in [3.8, 4) is 11.5 Å². The summed E-state index contributed by atoms with van der Waals surface area (Å²) in [6.45, 7) is 0. The molecule has 0 bridgehead atoms. The van der Waals surface area contributed by atoms with E-state index in [0.717, 1.165) is 5.56 Å². The molecule has 0 saturated heterocycles. The van der Waals surface area contributed by atoms with E-state index in [-0.39, 0.29) is 11.5 Å². The van der Waals surface area contributed by atoms with E-state index in [1.165, 1.54) is 18.2 Å². The number of fused-ring (bicyclic) bond motifs is 2. The van der Waals surface area contributed by atoms with E-state index >= 15 is 0 Å². The topological polar surface area (TPSA) is 40.5 Å². The van der Waals surface area contributed by atoms with Gasteiger partial charge in [0.25, 0.3) is 0 Å². The Morgan fingerprint density at radius 2 is 1.47 bits per heavy atom. The molecule has 0 heterocycles. The lowest BCUT2D eigenvalue weighted by atomic mass is 9.91. The molecule has 86 valence electrons. The molecule has 1 aliphatic carbocycles. The van der Waals surface area contributed by atoms with Crippen molar-refractivity contribution in [1.82, 2.24) is 0 Å². The van der Waals surface area contributed by atoms with E-state index in [4.69, 9.17) is 0 Å². The molecule has 2 aromatic carbocycles. The minimum Gasteiger partial charge on any atom is -0.507 e. The first-order valence-corrected chi connectivity index (χ1v) is 5.48. The second-order valence-corrected chi connectivity index (χ2v) is 4.22. The van der Waals surface area contributed by atoms with Crippen LogP contribution in [0.1, 0.15) is 11.1 Å². The van der Waals surface area contributed by atoms with Crippen molar-refractivity contribution in [3.63, 3.8) is 0 Å². The van der Waals surface area contributed by atoms with Crippen LogP contribution in [0.3, 0.4) is 0 Å². The highest BCUT2D eigenvalue weighted by Gasteiger charge is 2.19. The van der Waals surface area contributed by atoms with Gasteiger partial charge in [0, 0.05) is 21.9 Å². The lowest BCUT2D eigenvalue weighted by molar-refractivity contribution is 0.459. The third kappa shape index (κ3) is 1.39. The first-order valence-electron chi connectivity index (χ1n) is 5.48. The van der Waals surface area contributed by atoms with E-state index < -0.39 is 5.82 Å². The van der Waals surface area contributed by atoms with Crippen molar-refractivity contribution >= 4 is 10.8 Å². The van der Waals surface area contributed by atoms with E-state index in [1.807, 2.05) is 12.2 Å². The van der Waals surface area contributed by atoms with Crippen LogP contribution in [-0.2, 0) is 12.8 Å². The van der Waals surface area contributed by atoms with Crippen molar-refractivity contribution < 1.29 is 14.6 Å². The second kappa shape index (κ2) is 3.48. The lowest BCUT2D eigenvalue weighted by Crippen LogP contribution is -1.99. The van der Waals surface area contributed by atoms with Gasteiger partial charge in [0.2, 0.25) is 0 Å². The highest BCUT2D eigenvalue weighted by molar-refractivity contribution is 5.95. The number of halogens is 1. The monoisotopic (exact) mass is 230 g/mol. The molecule has 0 amide bonds. The van der Waals surface area contributed by atoms with E-state index in [1.54, 1.807) is 0 Å². The largest absolute Gasteiger partial charge is 0.507 e. The number of hydrogen-bond acceptors (Lipinski definition) is 2. The zero-order valence-electron chi connectivity index (χ0n) is 9.07. The van der Waals surface area contributed by atoms with Crippen molar-refractivity contribution in [1.29, 1.82) is 0 Å². The molecule has 0 saturated carbocycles. The molecule has 0 radical (unpaired) electrons. The molecule has 2 nitrogen and oxygen atoms in total. The Bertz CT molecular complexity index is 644. The Labute approximate surface area is 97.6 Å². The van der Waals surface area contributed by atoms with Gasteiger partial charge in [-0.25, -0.2) is 4.39 Å². The number of hydrogen-bond donors (Lipinski definition) is 2. The number of allylic oxidation sites excluding steroid dienone is 2. The summed E-state index contributed by atoms with van der Waals surface area (Å²) in [5.74, 6) is -0.188. The normalized spacial score (nSPS) is 13.9. The number of phenolic OH excluding ortho intramolecular Hbond substituents is 2. The van der Waals surface area contributed by atoms with Crippen molar-refractivity contribution in [2.75, 3.05) is 0 Å². The van der Waals surface area contributed by atoms with Crippen molar-refractivity contribution in [2.45, 2.75) is 12.8 Å². The summed E-state index contributed by atoms with van der Waals surface area (Å²) in [7, 11) is 0.